The summed E-state index contributed by atoms with van der Waals surface area (Å²) in [5.41, 5.74) is 0. The standard InChI is InChI=1S/C41H83N2O6P/c1-6-8-10-12-14-16-18-20-21-23-25-27-29-31-33-35-41(45)42-39(38-49-50(46,47)48-37-36-43(3,4)5)40(44)34-32-30-28-26-24-22-19-17-15-13-11-9-7-2/h20-21,39-40,44H,6-19,22-38H2,1-5H3,(H-,42,45,46,47)/b21-20+/t39-,40+/m0/s1. The summed E-state index contributed by atoms with van der Waals surface area (Å²) in [6, 6.07) is -0.799. The molecule has 0 aromatic heterocycles. The second-order valence-corrected chi connectivity index (χ2v) is 17.1. The molecule has 0 aromatic carbocycles. The number of nitrogens with zero attached hydrogens (tertiary/aromatic N) is 1. The van der Waals surface area contributed by atoms with E-state index in [1.54, 1.807) is 0 Å². The van der Waals surface area contributed by atoms with E-state index in [4.69, 9.17) is 9.05 Å². The molecule has 0 fully saturated rings. The van der Waals surface area contributed by atoms with Gasteiger partial charge in [0.1, 0.15) is 13.2 Å². The van der Waals surface area contributed by atoms with E-state index in [0.29, 0.717) is 23.9 Å². The normalized spacial score (nSPS) is 14.6. The minimum absolute atomic E-state index is 0.0122. The number of amides is 1. The molecule has 0 radical (unpaired) electrons. The van der Waals surface area contributed by atoms with Crippen molar-refractivity contribution in [1.82, 2.24) is 5.32 Å². The Kier molecular flexibility index (Phi) is 33.5. The van der Waals surface area contributed by atoms with Crippen LogP contribution in [-0.4, -0.2) is 68.5 Å². The molecule has 0 heterocycles. The van der Waals surface area contributed by atoms with Crippen LogP contribution in [0.2, 0.25) is 0 Å². The lowest BCUT2D eigenvalue weighted by Crippen LogP contribution is -2.46. The van der Waals surface area contributed by atoms with Gasteiger partial charge in [-0.15, -0.1) is 0 Å². The van der Waals surface area contributed by atoms with Crippen molar-refractivity contribution in [1.29, 1.82) is 0 Å². The number of aliphatic hydroxyl groups is 1. The van der Waals surface area contributed by atoms with Gasteiger partial charge in [0.05, 0.1) is 39.9 Å². The van der Waals surface area contributed by atoms with Crippen LogP contribution in [0, 0.1) is 0 Å². The maximum absolute atomic E-state index is 12.8. The van der Waals surface area contributed by atoms with Crippen molar-refractivity contribution in [2.24, 2.45) is 0 Å². The van der Waals surface area contributed by atoms with Crippen LogP contribution in [0.15, 0.2) is 12.2 Å². The number of allylic oxidation sites excluding steroid dienone is 2. The number of phosphoric ester groups is 1. The molecule has 0 saturated carbocycles. The molecule has 3 atom stereocenters. The van der Waals surface area contributed by atoms with Crippen LogP contribution >= 0.6 is 7.82 Å². The third-order valence-electron chi connectivity index (χ3n) is 9.50. The summed E-state index contributed by atoms with van der Waals surface area (Å²) in [5.74, 6) is -0.174. The summed E-state index contributed by atoms with van der Waals surface area (Å²) in [7, 11) is 1.30. The molecular formula is C41H83N2O6P. The molecule has 9 heteroatoms. The summed E-state index contributed by atoms with van der Waals surface area (Å²) < 4.78 is 23.2. The summed E-state index contributed by atoms with van der Waals surface area (Å²) in [5, 5.41) is 13.9. The molecule has 298 valence electrons. The van der Waals surface area contributed by atoms with Crippen LogP contribution in [0.5, 0.6) is 0 Å². The number of phosphoric acid groups is 1. The van der Waals surface area contributed by atoms with Crippen molar-refractivity contribution >= 4 is 13.7 Å². The highest BCUT2D eigenvalue weighted by Gasteiger charge is 2.24. The number of unbranched alkanes of at least 4 members (excludes halogenated alkanes) is 23. The number of quaternary nitrogens is 1. The van der Waals surface area contributed by atoms with E-state index in [-0.39, 0.29) is 19.1 Å². The Hall–Kier alpha value is -0.760. The van der Waals surface area contributed by atoms with Gasteiger partial charge in [0, 0.05) is 6.42 Å². The van der Waals surface area contributed by atoms with Gasteiger partial charge in [-0.3, -0.25) is 9.36 Å². The van der Waals surface area contributed by atoms with Gasteiger partial charge < -0.3 is 28.8 Å². The van der Waals surface area contributed by atoms with E-state index in [9.17, 15) is 19.4 Å². The fourth-order valence-electron chi connectivity index (χ4n) is 6.09. The maximum atomic E-state index is 12.8. The second kappa shape index (κ2) is 34.0. The maximum Gasteiger partial charge on any atom is 0.268 e. The van der Waals surface area contributed by atoms with E-state index in [2.05, 4.69) is 31.3 Å². The summed E-state index contributed by atoms with van der Waals surface area (Å²) in [4.78, 5) is 25.2. The largest absolute Gasteiger partial charge is 0.756 e. The molecular weight excluding hydrogens is 647 g/mol. The molecule has 2 N–H and O–H groups in total. The van der Waals surface area contributed by atoms with Gasteiger partial charge in [0.25, 0.3) is 7.82 Å². The summed E-state index contributed by atoms with van der Waals surface area (Å²) in [6.07, 6.45) is 36.3. The van der Waals surface area contributed by atoms with Gasteiger partial charge in [-0.2, -0.15) is 0 Å². The highest BCUT2D eigenvalue weighted by Crippen LogP contribution is 2.38. The Balaban J connectivity index is 4.41. The van der Waals surface area contributed by atoms with Crippen molar-refractivity contribution in [2.45, 2.75) is 206 Å². The van der Waals surface area contributed by atoms with Gasteiger partial charge in [-0.1, -0.05) is 161 Å². The first-order chi connectivity index (χ1) is 24.0. The van der Waals surface area contributed by atoms with Crippen molar-refractivity contribution < 1.29 is 32.9 Å². The molecule has 0 aromatic rings. The highest BCUT2D eigenvalue weighted by molar-refractivity contribution is 7.45. The van der Waals surface area contributed by atoms with Crippen LogP contribution in [-0.2, 0) is 18.4 Å². The number of nitrogens with one attached hydrogen (secondary N) is 1. The average molecular weight is 731 g/mol. The smallest absolute Gasteiger partial charge is 0.268 e. The van der Waals surface area contributed by atoms with Gasteiger partial charge in [-0.05, 0) is 38.5 Å². The van der Waals surface area contributed by atoms with Crippen molar-refractivity contribution in [2.75, 3.05) is 40.9 Å². The molecule has 50 heavy (non-hydrogen) atoms. The van der Waals surface area contributed by atoms with E-state index in [0.717, 1.165) is 51.4 Å². The first kappa shape index (κ1) is 49.2. The zero-order valence-corrected chi connectivity index (χ0v) is 34.5. The fraction of sp³-hybridized carbons (Fsp3) is 0.927. The molecule has 0 aliphatic rings. The Morgan fingerprint density at radius 3 is 1.56 bits per heavy atom. The topological polar surface area (TPSA) is 108 Å². The number of hydrogen-bond donors (Lipinski definition) is 2. The molecule has 0 spiro atoms. The zero-order valence-electron chi connectivity index (χ0n) is 33.6. The Morgan fingerprint density at radius 1 is 0.680 bits per heavy atom. The van der Waals surface area contributed by atoms with E-state index >= 15 is 0 Å². The van der Waals surface area contributed by atoms with Gasteiger partial charge >= 0.3 is 0 Å². The van der Waals surface area contributed by atoms with Gasteiger partial charge in [0.15, 0.2) is 0 Å². The molecule has 0 aliphatic carbocycles. The van der Waals surface area contributed by atoms with Crippen LogP contribution in [0.1, 0.15) is 194 Å². The molecule has 8 nitrogen and oxygen atoms in total. The monoisotopic (exact) mass is 731 g/mol. The lowest BCUT2D eigenvalue weighted by molar-refractivity contribution is -0.870. The molecule has 0 rings (SSSR count). The number of rotatable bonds is 38. The number of carbonyl (C=O) groups excluding carboxylic acids is 1. The van der Waals surface area contributed by atoms with Gasteiger partial charge in [0.2, 0.25) is 5.91 Å². The number of aliphatic hydroxyl groups excluding tert-OH is 1. The second-order valence-electron chi connectivity index (χ2n) is 15.7. The fourth-order valence-corrected chi connectivity index (χ4v) is 6.81. The van der Waals surface area contributed by atoms with Crippen LogP contribution in [0.4, 0.5) is 0 Å². The van der Waals surface area contributed by atoms with Crippen LogP contribution in [0.25, 0.3) is 0 Å². The van der Waals surface area contributed by atoms with E-state index < -0.39 is 20.0 Å². The van der Waals surface area contributed by atoms with E-state index in [1.165, 1.54) is 116 Å². The third kappa shape index (κ3) is 35.6. The van der Waals surface area contributed by atoms with Crippen molar-refractivity contribution in [3.8, 4) is 0 Å². The first-order valence-electron chi connectivity index (χ1n) is 21.0. The molecule has 1 amide bonds. The number of hydrogen-bond acceptors (Lipinski definition) is 6. The van der Waals surface area contributed by atoms with Crippen molar-refractivity contribution in [3.63, 3.8) is 0 Å². The van der Waals surface area contributed by atoms with Crippen LogP contribution in [0.3, 0.4) is 0 Å². The highest BCUT2D eigenvalue weighted by atomic mass is 31.2. The lowest BCUT2D eigenvalue weighted by atomic mass is 10.0. The summed E-state index contributed by atoms with van der Waals surface area (Å²) >= 11 is 0. The average Bonchev–Trinajstić information content (AvgIpc) is 3.06. The summed E-state index contributed by atoms with van der Waals surface area (Å²) in [6.45, 7) is 4.70. The SMILES string of the molecule is CCCCCCCC/C=C/CCCCCCCC(=O)N[C@@H](COP(=O)([O-])OCC[N+](C)(C)C)[C@H](O)CCCCCCCCCCCCCCC. The Bertz CT molecular complexity index is 834. The molecule has 0 bridgehead atoms. The third-order valence-corrected chi connectivity index (χ3v) is 10.5. The quantitative estimate of drug-likeness (QED) is 0.0283. The van der Waals surface area contributed by atoms with Gasteiger partial charge in [-0.25, -0.2) is 0 Å². The van der Waals surface area contributed by atoms with E-state index in [1.807, 2.05) is 21.1 Å². The Labute approximate surface area is 310 Å². The molecule has 0 saturated heterocycles. The van der Waals surface area contributed by atoms with Crippen LogP contribution < -0.4 is 10.2 Å². The first-order valence-corrected chi connectivity index (χ1v) is 22.5. The zero-order chi connectivity index (χ0) is 37.2. The van der Waals surface area contributed by atoms with Crippen molar-refractivity contribution in [3.05, 3.63) is 12.2 Å². The molecule has 1 unspecified atom stereocenters. The lowest BCUT2D eigenvalue weighted by Gasteiger charge is -2.30. The number of likely N-dealkylation sites (N-methyl/N-ethyl adjacent to an activating group) is 1. The predicted molar refractivity (Wildman–Crippen MR) is 210 cm³/mol. The minimum Gasteiger partial charge on any atom is -0.756 e. The minimum atomic E-state index is -4.56. The number of carbonyl (C=O) groups is 1. The Morgan fingerprint density at radius 2 is 1.10 bits per heavy atom. The predicted octanol–water partition coefficient (Wildman–Crippen LogP) is 10.6. The molecule has 0 aliphatic heterocycles.